The first kappa shape index (κ1) is 17.6. The highest BCUT2D eigenvalue weighted by Gasteiger charge is 2.26. The summed E-state index contributed by atoms with van der Waals surface area (Å²) >= 11 is 0. The highest BCUT2D eigenvalue weighted by atomic mass is 19.4. The maximum absolute atomic E-state index is 12.1. The predicted molar refractivity (Wildman–Crippen MR) is 75.7 cm³/mol. The molecule has 0 aromatic heterocycles. The molecule has 0 aliphatic heterocycles. The zero-order valence-electron chi connectivity index (χ0n) is 12.4. The molecule has 0 fully saturated rings. The van der Waals surface area contributed by atoms with Crippen molar-refractivity contribution in [3.8, 4) is 11.5 Å². The van der Waals surface area contributed by atoms with Crippen molar-refractivity contribution in [2.24, 2.45) is 5.73 Å². The Morgan fingerprint density at radius 2 is 2.00 bits per heavy atom. The van der Waals surface area contributed by atoms with Crippen LogP contribution in [0.3, 0.4) is 0 Å². The fourth-order valence-corrected chi connectivity index (χ4v) is 1.92. The van der Waals surface area contributed by atoms with Gasteiger partial charge in [0, 0.05) is 12.5 Å². The van der Waals surface area contributed by atoms with Gasteiger partial charge in [-0.2, -0.15) is 13.2 Å². The zero-order chi connectivity index (χ0) is 15.9. The number of alkyl halides is 3. The second-order valence-corrected chi connectivity index (χ2v) is 4.89. The van der Waals surface area contributed by atoms with Gasteiger partial charge in [-0.05, 0) is 30.9 Å². The third-order valence-corrected chi connectivity index (χ3v) is 3.14. The molecule has 0 saturated heterocycles. The molecule has 1 unspecified atom stereocenters. The van der Waals surface area contributed by atoms with Crippen molar-refractivity contribution >= 4 is 0 Å². The van der Waals surface area contributed by atoms with Gasteiger partial charge in [0.2, 0.25) is 0 Å². The largest absolute Gasteiger partial charge is 0.493 e. The maximum Gasteiger partial charge on any atom is 0.389 e. The molecule has 0 radical (unpaired) electrons. The van der Waals surface area contributed by atoms with E-state index in [-0.39, 0.29) is 19.1 Å². The lowest BCUT2D eigenvalue weighted by Crippen LogP contribution is -2.22. The molecule has 1 aromatic carbocycles. The molecule has 0 spiro atoms. The SMILES string of the molecule is CCC(N)Cc1cccc(OC)c1OCCCC(F)(F)F. The Morgan fingerprint density at radius 1 is 1.29 bits per heavy atom. The van der Waals surface area contributed by atoms with Crippen LogP contribution in [-0.2, 0) is 6.42 Å². The minimum atomic E-state index is -4.16. The molecule has 1 atom stereocenters. The second kappa shape index (κ2) is 8.12. The molecule has 120 valence electrons. The van der Waals surface area contributed by atoms with Gasteiger partial charge in [-0.1, -0.05) is 19.1 Å². The van der Waals surface area contributed by atoms with Crippen molar-refractivity contribution in [2.45, 2.75) is 44.8 Å². The molecule has 1 rings (SSSR count). The molecule has 0 saturated carbocycles. The number of benzene rings is 1. The third kappa shape index (κ3) is 6.25. The average Bonchev–Trinajstić information content (AvgIpc) is 2.43. The number of halogens is 3. The molecule has 0 bridgehead atoms. The summed E-state index contributed by atoms with van der Waals surface area (Å²) < 4.78 is 47.1. The van der Waals surface area contributed by atoms with Gasteiger partial charge in [-0.25, -0.2) is 0 Å². The number of nitrogens with two attached hydrogens (primary N) is 1. The van der Waals surface area contributed by atoms with Crippen LogP contribution in [0.1, 0.15) is 31.7 Å². The molecule has 3 nitrogen and oxygen atoms in total. The minimum Gasteiger partial charge on any atom is -0.493 e. The summed E-state index contributed by atoms with van der Waals surface area (Å²) in [5.74, 6) is 1.01. The van der Waals surface area contributed by atoms with E-state index >= 15 is 0 Å². The van der Waals surface area contributed by atoms with Crippen LogP contribution in [0.2, 0.25) is 0 Å². The van der Waals surface area contributed by atoms with Gasteiger partial charge in [-0.3, -0.25) is 0 Å². The normalized spacial score (nSPS) is 13.0. The minimum absolute atomic E-state index is 0.00571. The molecule has 6 heteroatoms. The average molecular weight is 305 g/mol. The van der Waals surface area contributed by atoms with Gasteiger partial charge in [0.1, 0.15) is 0 Å². The van der Waals surface area contributed by atoms with E-state index in [1.54, 1.807) is 6.07 Å². The lowest BCUT2D eigenvalue weighted by atomic mass is 10.0. The quantitative estimate of drug-likeness (QED) is 0.745. The number of para-hydroxylation sites is 1. The van der Waals surface area contributed by atoms with Gasteiger partial charge in [0.15, 0.2) is 11.5 Å². The summed E-state index contributed by atoms with van der Waals surface area (Å²) in [7, 11) is 1.50. The lowest BCUT2D eigenvalue weighted by molar-refractivity contribution is -0.136. The van der Waals surface area contributed by atoms with Crippen LogP contribution in [0, 0.1) is 0 Å². The Morgan fingerprint density at radius 3 is 2.57 bits per heavy atom. The third-order valence-electron chi connectivity index (χ3n) is 3.14. The first-order chi connectivity index (χ1) is 9.87. The smallest absolute Gasteiger partial charge is 0.389 e. The highest BCUT2D eigenvalue weighted by molar-refractivity contribution is 5.47. The van der Waals surface area contributed by atoms with Gasteiger partial charge in [0.25, 0.3) is 0 Å². The Balaban J connectivity index is 2.73. The molecule has 2 N–H and O–H groups in total. The van der Waals surface area contributed by atoms with Gasteiger partial charge < -0.3 is 15.2 Å². The molecule has 0 aliphatic carbocycles. The van der Waals surface area contributed by atoms with Gasteiger partial charge in [-0.15, -0.1) is 0 Å². The number of methoxy groups -OCH3 is 1. The predicted octanol–water partition coefficient (Wildman–Crippen LogP) is 3.70. The van der Waals surface area contributed by atoms with E-state index in [1.807, 2.05) is 19.1 Å². The lowest BCUT2D eigenvalue weighted by Gasteiger charge is -2.17. The highest BCUT2D eigenvalue weighted by Crippen LogP contribution is 2.32. The number of hydrogen-bond donors (Lipinski definition) is 1. The van der Waals surface area contributed by atoms with E-state index in [1.165, 1.54) is 7.11 Å². The summed E-state index contributed by atoms with van der Waals surface area (Å²) in [5.41, 5.74) is 6.79. The van der Waals surface area contributed by atoms with E-state index < -0.39 is 12.6 Å². The van der Waals surface area contributed by atoms with Crippen molar-refractivity contribution < 1.29 is 22.6 Å². The van der Waals surface area contributed by atoms with Crippen LogP contribution >= 0.6 is 0 Å². The number of hydrogen-bond acceptors (Lipinski definition) is 3. The van der Waals surface area contributed by atoms with E-state index in [4.69, 9.17) is 15.2 Å². The van der Waals surface area contributed by atoms with Crippen molar-refractivity contribution in [3.05, 3.63) is 23.8 Å². The van der Waals surface area contributed by atoms with Crippen LogP contribution in [0.4, 0.5) is 13.2 Å². The topological polar surface area (TPSA) is 44.5 Å². The molecular formula is C15H22F3NO2. The summed E-state index contributed by atoms with van der Waals surface area (Å²) in [6.07, 6.45) is -3.68. The van der Waals surface area contributed by atoms with E-state index in [2.05, 4.69) is 0 Å². The Hall–Kier alpha value is -1.43. The van der Waals surface area contributed by atoms with Gasteiger partial charge in [0.05, 0.1) is 13.7 Å². The van der Waals surface area contributed by atoms with Crippen molar-refractivity contribution in [1.29, 1.82) is 0 Å². The number of rotatable bonds is 8. The van der Waals surface area contributed by atoms with Crippen LogP contribution in [0.25, 0.3) is 0 Å². The molecule has 1 aromatic rings. The van der Waals surface area contributed by atoms with Crippen molar-refractivity contribution in [1.82, 2.24) is 0 Å². The summed E-state index contributed by atoms with van der Waals surface area (Å²) in [5, 5.41) is 0. The summed E-state index contributed by atoms with van der Waals surface area (Å²) in [6, 6.07) is 5.38. The standard InChI is InChI=1S/C15H22F3NO2/c1-3-12(19)10-11-6-4-7-13(20-2)14(11)21-9-5-8-15(16,17)18/h4,6-7,12H,3,5,8-10,19H2,1-2H3. The fourth-order valence-electron chi connectivity index (χ4n) is 1.92. The van der Waals surface area contributed by atoms with Gasteiger partial charge >= 0.3 is 6.18 Å². The molecule has 0 aliphatic rings. The zero-order valence-corrected chi connectivity index (χ0v) is 12.4. The Kier molecular flexibility index (Phi) is 6.81. The number of ether oxygens (including phenoxy) is 2. The van der Waals surface area contributed by atoms with Crippen LogP contribution in [0.15, 0.2) is 18.2 Å². The van der Waals surface area contributed by atoms with Crippen LogP contribution in [0.5, 0.6) is 11.5 Å². The molecular weight excluding hydrogens is 283 g/mol. The fraction of sp³-hybridized carbons (Fsp3) is 0.600. The Labute approximate surface area is 123 Å². The molecule has 21 heavy (non-hydrogen) atoms. The van der Waals surface area contributed by atoms with Crippen molar-refractivity contribution in [3.63, 3.8) is 0 Å². The van der Waals surface area contributed by atoms with E-state index in [9.17, 15) is 13.2 Å². The van der Waals surface area contributed by atoms with Crippen LogP contribution < -0.4 is 15.2 Å². The first-order valence-electron chi connectivity index (χ1n) is 6.98. The summed E-state index contributed by atoms with van der Waals surface area (Å²) in [4.78, 5) is 0. The summed E-state index contributed by atoms with van der Waals surface area (Å²) in [6.45, 7) is 1.98. The Bertz CT molecular complexity index is 435. The first-order valence-corrected chi connectivity index (χ1v) is 6.98. The second-order valence-electron chi connectivity index (χ2n) is 4.89. The molecule has 0 heterocycles. The maximum atomic E-state index is 12.1. The van der Waals surface area contributed by atoms with E-state index in [0.29, 0.717) is 17.9 Å². The molecule has 0 amide bonds. The monoisotopic (exact) mass is 305 g/mol. The van der Waals surface area contributed by atoms with Crippen LogP contribution in [-0.4, -0.2) is 25.9 Å². The van der Waals surface area contributed by atoms with Crippen molar-refractivity contribution in [2.75, 3.05) is 13.7 Å². The van der Waals surface area contributed by atoms with E-state index in [0.717, 1.165) is 12.0 Å².